The highest BCUT2D eigenvalue weighted by Gasteiger charge is 2.29. The highest BCUT2D eigenvalue weighted by atomic mass is 16.5. The van der Waals surface area contributed by atoms with Crippen molar-refractivity contribution in [3.05, 3.63) is 0 Å². The Bertz CT molecular complexity index is 293. The normalized spacial score (nSPS) is 33.8. The molecule has 3 atom stereocenters. The summed E-state index contributed by atoms with van der Waals surface area (Å²) in [6, 6.07) is 0. The smallest absolute Gasteiger partial charge is 0.225 e. The van der Waals surface area contributed by atoms with Crippen LogP contribution in [0.25, 0.3) is 0 Å². The Morgan fingerprint density at radius 2 is 2.44 bits per heavy atom. The van der Waals surface area contributed by atoms with Gasteiger partial charge in [0.25, 0.3) is 0 Å². The molecule has 0 spiro atoms. The monoisotopic (exact) mass is 226 g/mol. The Balaban J connectivity index is 1.73. The van der Waals surface area contributed by atoms with Gasteiger partial charge in [0.05, 0.1) is 12.0 Å². The molecule has 2 N–H and O–H groups in total. The number of hydrogen-bond donors (Lipinski definition) is 2. The van der Waals surface area contributed by atoms with Crippen molar-refractivity contribution in [1.82, 2.24) is 10.6 Å². The first-order chi connectivity index (χ1) is 7.66. The number of amides is 2. The molecular formula is C11H18N2O3. The van der Waals surface area contributed by atoms with Crippen LogP contribution in [0.4, 0.5) is 0 Å². The molecule has 5 heteroatoms. The predicted molar refractivity (Wildman–Crippen MR) is 57.6 cm³/mol. The lowest BCUT2D eigenvalue weighted by atomic mass is 10.0. The van der Waals surface area contributed by atoms with Crippen LogP contribution in [0.1, 0.15) is 19.8 Å². The molecule has 0 bridgehead atoms. The van der Waals surface area contributed by atoms with E-state index in [9.17, 15) is 9.59 Å². The molecular weight excluding hydrogens is 208 g/mol. The summed E-state index contributed by atoms with van der Waals surface area (Å²) in [7, 11) is 0. The largest absolute Gasteiger partial charge is 0.378 e. The lowest BCUT2D eigenvalue weighted by Gasteiger charge is -2.16. The molecule has 2 heterocycles. The van der Waals surface area contributed by atoms with Crippen molar-refractivity contribution in [1.29, 1.82) is 0 Å². The maximum atomic E-state index is 11.7. The lowest BCUT2D eigenvalue weighted by Crippen LogP contribution is -2.36. The zero-order valence-electron chi connectivity index (χ0n) is 9.49. The van der Waals surface area contributed by atoms with E-state index in [2.05, 4.69) is 10.6 Å². The molecule has 2 rings (SSSR count). The van der Waals surface area contributed by atoms with Crippen LogP contribution in [0.2, 0.25) is 0 Å². The Hall–Kier alpha value is -1.10. The SMILES string of the molecule is CC1OCCC1CNC(=O)C1CNC(=O)C1. The van der Waals surface area contributed by atoms with Crippen molar-refractivity contribution in [2.24, 2.45) is 11.8 Å². The Labute approximate surface area is 94.9 Å². The first kappa shape index (κ1) is 11.4. The predicted octanol–water partition coefficient (Wildman–Crippen LogP) is -0.336. The van der Waals surface area contributed by atoms with Gasteiger partial charge in [-0.15, -0.1) is 0 Å². The molecule has 0 aromatic carbocycles. The average Bonchev–Trinajstić information content (AvgIpc) is 2.84. The summed E-state index contributed by atoms with van der Waals surface area (Å²) in [6.45, 7) is 3.95. The van der Waals surface area contributed by atoms with Crippen LogP contribution in [0.15, 0.2) is 0 Å². The molecule has 16 heavy (non-hydrogen) atoms. The third-order valence-electron chi connectivity index (χ3n) is 3.42. The van der Waals surface area contributed by atoms with Crippen LogP contribution >= 0.6 is 0 Å². The summed E-state index contributed by atoms with van der Waals surface area (Å²) in [6.07, 6.45) is 1.55. The van der Waals surface area contributed by atoms with Crippen LogP contribution in [0.3, 0.4) is 0 Å². The van der Waals surface area contributed by atoms with Crippen molar-refractivity contribution in [2.45, 2.75) is 25.9 Å². The molecule has 0 saturated carbocycles. The number of hydrogen-bond acceptors (Lipinski definition) is 3. The maximum Gasteiger partial charge on any atom is 0.225 e. The topological polar surface area (TPSA) is 67.4 Å². The van der Waals surface area contributed by atoms with Crippen LogP contribution in [-0.2, 0) is 14.3 Å². The fourth-order valence-corrected chi connectivity index (χ4v) is 2.21. The van der Waals surface area contributed by atoms with Gasteiger partial charge in [-0.1, -0.05) is 0 Å². The van der Waals surface area contributed by atoms with Gasteiger partial charge in [0.1, 0.15) is 0 Å². The molecule has 0 aromatic rings. The van der Waals surface area contributed by atoms with E-state index in [1.54, 1.807) is 0 Å². The van der Waals surface area contributed by atoms with Crippen molar-refractivity contribution in [2.75, 3.05) is 19.7 Å². The quantitative estimate of drug-likeness (QED) is 0.692. The van der Waals surface area contributed by atoms with E-state index >= 15 is 0 Å². The van der Waals surface area contributed by atoms with E-state index in [-0.39, 0.29) is 23.8 Å². The molecule has 0 aliphatic carbocycles. The number of carbonyl (C=O) groups is 2. The van der Waals surface area contributed by atoms with Crippen LogP contribution in [0.5, 0.6) is 0 Å². The second-order valence-electron chi connectivity index (χ2n) is 4.57. The van der Waals surface area contributed by atoms with E-state index < -0.39 is 0 Å². The van der Waals surface area contributed by atoms with Gasteiger partial charge < -0.3 is 15.4 Å². The third kappa shape index (κ3) is 2.52. The zero-order valence-corrected chi connectivity index (χ0v) is 9.49. The van der Waals surface area contributed by atoms with Crippen molar-refractivity contribution in [3.63, 3.8) is 0 Å². The summed E-state index contributed by atoms with van der Waals surface area (Å²) in [5.74, 6) is 0.175. The minimum Gasteiger partial charge on any atom is -0.378 e. The molecule has 90 valence electrons. The summed E-state index contributed by atoms with van der Waals surface area (Å²) in [4.78, 5) is 22.7. The second-order valence-corrected chi connectivity index (χ2v) is 4.57. The van der Waals surface area contributed by atoms with Gasteiger partial charge in [-0.2, -0.15) is 0 Å². The standard InChI is InChI=1S/C11H18N2O3/c1-7-8(2-3-16-7)5-13-11(15)9-4-10(14)12-6-9/h7-9H,2-6H2,1H3,(H,12,14)(H,13,15). The van der Waals surface area contributed by atoms with Gasteiger partial charge in [0.15, 0.2) is 0 Å². The van der Waals surface area contributed by atoms with E-state index in [1.165, 1.54) is 0 Å². The molecule has 2 aliphatic rings. The highest BCUT2D eigenvalue weighted by molar-refractivity contribution is 5.89. The van der Waals surface area contributed by atoms with E-state index in [0.29, 0.717) is 25.4 Å². The first-order valence-corrected chi connectivity index (χ1v) is 5.83. The van der Waals surface area contributed by atoms with Gasteiger partial charge in [-0.05, 0) is 13.3 Å². The molecule has 2 fully saturated rings. The molecule has 0 aromatic heterocycles. The van der Waals surface area contributed by atoms with Gasteiger partial charge in [-0.3, -0.25) is 9.59 Å². The Kier molecular flexibility index (Phi) is 3.43. The molecule has 2 aliphatic heterocycles. The third-order valence-corrected chi connectivity index (χ3v) is 3.42. The summed E-state index contributed by atoms with van der Waals surface area (Å²) in [5, 5.41) is 5.57. The molecule has 3 unspecified atom stereocenters. The first-order valence-electron chi connectivity index (χ1n) is 5.83. The number of nitrogens with one attached hydrogen (secondary N) is 2. The lowest BCUT2D eigenvalue weighted by molar-refractivity contribution is -0.126. The number of rotatable bonds is 3. The highest BCUT2D eigenvalue weighted by Crippen LogP contribution is 2.19. The van der Waals surface area contributed by atoms with Gasteiger partial charge >= 0.3 is 0 Å². The van der Waals surface area contributed by atoms with Gasteiger partial charge in [0.2, 0.25) is 11.8 Å². The van der Waals surface area contributed by atoms with Crippen molar-refractivity contribution in [3.8, 4) is 0 Å². The molecule has 2 amide bonds. The Morgan fingerprint density at radius 3 is 3.00 bits per heavy atom. The molecule has 0 radical (unpaired) electrons. The second kappa shape index (κ2) is 4.82. The fraction of sp³-hybridized carbons (Fsp3) is 0.818. The van der Waals surface area contributed by atoms with Gasteiger partial charge in [0, 0.05) is 32.0 Å². The molecule has 5 nitrogen and oxygen atoms in total. The minimum atomic E-state index is -0.190. The summed E-state index contributed by atoms with van der Waals surface area (Å²) >= 11 is 0. The van der Waals surface area contributed by atoms with Crippen molar-refractivity contribution < 1.29 is 14.3 Å². The maximum absolute atomic E-state index is 11.7. The van der Waals surface area contributed by atoms with Crippen LogP contribution < -0.4 is 10.6 Å². The minimum absolute atomic E-state index is 0.0162. The van der Waals surface area contributed by atoms with Gasteiger partial charge in [-0.25, -0.2) is 0 Å². The van der Waals surface area contributed by atoms with Crippen LogP contribution in [0, 0.1) is 11.8 Å². The number of carbonyl (C=O) groups excluding carboxylic acids is 2. The average molecular weight is 226 g/mol. The van der Waals surface area contributed by atoms with E-state index in [1.807, 2.05) is 6.92 Å². The van der Waals surface area contributed by atoms with Crippen LogP contribution in [-0.4, -0.2) is 37.6 Å². The Morgan fingerprint density at radius 1 is 1.62 bits per heavy atom. The molecule has 2 saturated heterocycles. The summed E-state index contributed by atoms with van der Waals surface area (Å²) in [5.41, 5.74) is 0. The number of ether oxygens (including phenoxy) is 1. The van der Waals surface area contributed by atoms with E-state index in [0.717, 1.165) is 13.0 Å². The zero-order chi connectivity index (χ0) is 11.5. The van der Waals surface area contributed by atoms with Crippen molar-refractivity contribution >= 4 is 11.8 Å². The summed E-state index contributed by atoms with van der Waals surface area (Å²) < 4.78 is 5.42. The fourth-order valence-electron chi connectivity index (χ4n) is 2.21. The van der Waals surface area contributed by atoms with E-state index in [4.69, 9.17) is 4.74 Å².